The van der Waals surface area contributed by atoms with E-state index in [1.54, 1.807) is 35.7 Å². The van der Waals surface area contributed by atoms with E-state index in [1.807, 2.05) is 6.92 Å². The molecule has 2 aromatic carbocycles. The highest BCUT2D eigenvalue weighted by Crippen LogP contribution is 2.27. The van der Waals surface area contributed by atoms with Crippen molar-refractivity contribution < 1.29 is 13.2 Å². The van der Waals surface area contributed by atoms with Gasteiger partial charge in [-0.15, -0.1) is 17.9 Å². The van der Waals surface area contributed by atoms with E-state index in [1.165, 1.54) is 39.9 Å². The molecule has 1 N–H and O–H groups in total. The molecule has 9 heteroatoms. The molecule has 0 bridgehead atoms. The van der Waals surface area contributed by atoms with Gasteiger partial charge in [-0.05, 0) is 37.3 Å². The monoisotopic (exact) mass is 447 g/mol. The molecule has 0 aliphatic heterocycles. The Morgan fingerprint density at radius 2 is 2.00 bits per heavy atom. The zero-order valence-corrected chi connectivity index (χ0v) is 17.9. The van der Waals surface area contributed by atoms with Gasteiger partial charge in [0.2, 0.25) is 0 Å². The van der Waals surface area contributed by atoms with Gasteiger partial charge in [-0.1, -0.05) is 35.9 Å². The van der Waals surface area contributed by atoms with E-state index < -0.39 is 15.9 Å². The van der Waals surface area contributed by atoms with Crippen molar-refractivity contribution in [2.45, 2.75) is 11.8 Å². The van der Waals surface area contributed by atoms with Crippen LogP contribution in [0.4, 0.5) is 10.8 Å². The highest BCUT2D eigenvalue weighted by Gasteiger charge is 2.26. The number of sulfonamides is 1. The number of para-hydroxylation sites is 1. The molecule has 150 valence electrons. The number of nitrogens with zero attached hydrogens (tertiary/aromatic N) is 2. The summed E-state index contributed by atoms with van der Waals surface area (Å²) in [5.41, 5.74) is 1.31. The Bertz CT molecular complexity index is 1140. The van der Waals surface area contributed by atoms with Crippen LogP contribution in [0.3, 0.4) is 0 Å². The van der Waals surface area contributed by atoms with Crippen LogP contribution in [0.5, 0.6) is 0 Å². The largest absolute Gasteiger partial charge is 0.298 e. The van der Waals surface area contributed by atoms with E-state index >= 15 is 0 Å². The predicted octanol–water partition coefficient (Wildman–Crippen LogP) is 4.74. The lowest BCUT2D eigenvalue weighted by molar-refractivity contribution is 0.102. The number of carbonyl (C=O) groups excluding carboxylic acids is 1. The maximum absolute atomic E-state index is 13.3. The average molecular weight is 448 g/mol. The molecule has 0 aliphatic rings. The second kappa shape index (κ2) is 8.77. The van der Waals surface area contributed by atoms with Crippen molar-refractivity contribution >= 4 is 49.7 Å². The van der Waals surface area contributed by atoms with E-state index in [4.69, 9.17) is 11.6 Å². The summed E-state index contributed by atoms with van der Waals surface area (Å²) in [6.07, 6.45) is 1.50. The van der Waals surface area contributed by atoms with Crippen molar-refractivity contribution in [1.29, 1.82) is 0 Å². The summed E-state index contributed by atoms with van der Waals surface area (Å²) in [6, 6.07) is 12.7. The number of benzene rings is 2. The first-order valence-electron chi connectivity index (χ1n) is 8.54. The Morgan fingerprint density at radius 1 is 1.28 bits per heavy atom. The first kappa shape index (κ1) is 21.0. The van der Waals surface area contributed by atoms with Gasteiger partial charge in [0.1, 0.15) is 0 Å². The lowest BCUT2D eigenvalue weighted by Gasteiger charge is -2.23. The number of anilines is 2. The van der Waals surface area contributed by atoms with Gasteiger partial charge in [-0.2, -0.15) is 0 Å². The molecule has 3 rings (SSSR count). The Labute approximate surface area is 178 Å². The first-order valence-corrected chi connectivity index (χ1v) is 11.2. The number of aromatic nitrogens is 1. The third-order valence-corrected chi connectivity index (χ3v) is 6.94. The molecular formula is C20H18ClN3O3S2. The van der Waals surface area contributed by atoms with Crippen LogP contribution in [0.15, 0.2) is 71.5 Å². The normalized spacial score (nSPS) is 11.1. The molecule has 0 saturated heterocycles. The van der Waals surface area contributed by atoms with Crippen molar-refractivity contribution in [3.8, 4) is 0 Å². The van der Waals surface area contributed by atoms with Crippen LogP contribution in [-0.4, -0.2) is 25.9 Å². The number of nitrogens with one attached hydrogen (secondary N) is 1. The van der Waals surface area contributed by atoms with E-state index in [9.17, 15) is 13.2 Å². The van der Waals surface area contributed by atoms with E-state index in [2.05, 4.69) is 16.9 Å². The summed E-state index contributed by atoms with van der Waals surface area (Å²) in [4.78, 5) is 16.8. The maximum atomic E-state index is 13.3. The zero-order valence-electron chi connectivity index (χ0n) is 15.5. The second-order valence-corrected chi connectivity index (χ2v) is 9.18. The van der Waals surface area contributed by atoms with Crippen molar-refractivity contribution in [3.05, 3.63) is 82.8 Å². The number of thiazole rings is 1. The van der Waals surface area contributed by atoms with Crippen molar-refractivity contribution in [3.63, 3.8) is 0 Å². The summed E-state index contributed by atoms with van der Waals surface area (Å²) >= 11 is 7.44. The van der Waals surface area contributed by atoms with Crippen molar-refractivity contribution in [2.75, 3.05) is 16.2 Å². The Morgan fingerprint density at radius 3 is 2.62 bits per heavy atom. The van der Waals surface area contributed by atoms with E-state index in [-0.39, 0.29) is 22.0 Å². The summed E-state index contributed by atoms with van der Waals surface area (Å²) in [5.74, 6) is -0.531. The number of halogens is 1. The van der Waals surface area contributed by atoms with Crippen LogP contribution in [0.2, 0.25) is 5.02 Å². The van der Waals surface area contributed by atoms with Gasteiger partial charge in [0.25, 0.3) is 15.9 Å². The molecule has 1 heterocycles. The molecule has 0 aliphatic carbocycles. The summed E-state index contributed by atoms with van der Waals surface area (Å²) in [6.45, 7) is 5.53. The Hall–Kier alpha value is -2.68. The molecule has 0 saturated carbocycles. The van der Waals surface area contributed by atoms with Crippen LogP contribution in [-0.2, 0) is 10.0 Å². The van der Waals surface area contributed by atoms with Crippen molar-refractivity contribution in [2.24, 2.45) is 0 Å². The number of amides is 1. The van der Waals surface area contributed by atoms with E-state index in [0.717, 1.165) is 5.69 Å². The number of carbonyl (C=O) groups is 1. The predicted molar refractivity (Wildman–Crippen MR) is 117 cm³/mol. The van der Waals surface area contributed by atoms with Gasteiger partial charge in [0.15, 0.2) is 5.13 Å². The Balaban J connectivity index is 1.98. The van der Waals surface area contributed by atoms with Crippen LogP contribution < -0.4 is 9.62 Å². The maximum Gasteiger partial charge on any atom is 0.264 e. The standard InChI is InChI=1S/C20H18ClN3O3S2/c1-3-11-24(15-7-5-4-6-8-15)29(26,27)16-9-10-18(21)17(12-16)19(25)23-20-22-14(2)13-28-20/h3-10,12-13H,1,11H2,2H3,(H,22,23,25). The third-order valence-electron chi connectivity index (χ3n) is 3.95. The minimum Gasteiger partial charge on any atom is -0.298 e. The number of hydrogen-bond donors (Lipinski definition) is 1. The summed E-state index contributed by atoms with van der Waals surface area (Å²) < 4.78 is 27.7. The lowest BCUT2D eigenvalue weighted by Crippen LogP contribution is -2.31. The second-order valence-electron chi connectivity index (χ2n) is 6.05. The van der Waals surface area contributed by atoms with E-state index in [0.29, 0.717) is 10.8 Å². The first-order chi connectivity index (χ1) is 13.8. The number of rotatable bonds is 7. The molecule has 1 amide bonds. The van der Waals surface area contributed by atoms with Gasteiger partial charge >= 0.3 is 0 Å². The fourth-order valence-electron chi connectivity index (χ4n) is 2.60. The summed E-state index contributed by atoms with van der Waals surface area (Å²) in [7, 11) is -3.95. The molecule has 0 spiro atoms. The molecule has 0 atom stereocenters. The van der Waals surface area contributed by atoms with Crippen LogP contribution in [0, 0.1) is 6.92 Å². The van der Waals surface area contributed by atoms with Crippen molar-refractivity contribution in [1.82, 2.24) is 4.98 Å². The molecule has 0 radical (unpaired) electrons. The highest BCUT2D eigenvalue weighted by molar-refractivity contribution is 7.92. The fourth-order valence-corrected chi connectivity index (χ4v) is 4.94. The quantitative estimate of drug-likeness (QED) is 0.530. The lowest BCUT2D eigenvalue weighted by atomic mass is 10.2. The van der Waals surface area contributed by atoms with Crippen LogP contribution in [0.25, 0.3) is 0 Å². The van der Waals surface area contributed by atoms with Gasteiger partial charge in [0.05, 0.1) is 33.4 Å². The molecule has 1 aromatic heterocycles. The molecule has 6 nitrogen and oxygen atoms in total. The Kier molecular flexibility index (Phi) is 6.36. The van der Waals surface area contributed by atoms with Gasteiger partial charge in [0, 0.05) is 5.38 Å². The number of hydrogen-bond acceptors (Lipinski definition) is 5. The molecule has 0 fully saturated rings. The minimum absolute atomic E-state index is 0.0481. The zero-order chi connectivity index (χ0) is 21.0. The van der Waals surface area contributed by atoms with Gasteiger partial charge in [-0.25, -0.2) is 13.4 Å². The van der Waals surface area contributed by atoms with Crippen LogP contribution in [0.1, 0.15) is 16.1 Å². The molecule has 29 heavy (non-hydrogen) atoms. The average Bonchev–Trinajstić information content (AvgIpc) is 3.11. The molecule has 3 aromatic rings. The minimum atomic E-state index is -3.95. The summed E-state index contributed by atoms with van der Waals surface area (Å²) in [5, 5.41) is 5.00. The topological polar surface area (TPSA) is 79.4 Å². The van der Waals surface area contributed by atoms with Gasteiger partial charge < -0.3 is 0 Å². The highest BCUT2D eigenvalue weighted by atomic mass is 35.5. The third kappa shape index (κ3) is 4.67. The molecule has 0 unspecified atom stereocenters. The smallest absolute Gasteiger partial charge is 0.264 e. The fraction of sp³-hybridized carbons (Fsp3) is 0.100. The van der Waals surface area contributed by atoms with Gasteiger partial charge in [-0.3, -0.25) is 14.4 Å². The number of aryl methyl sites for hydroxylation is 1. The van der Waals surface area contributed by atoms with Crippen LogP contribution >= 0.6 is 22.9 Å². The molecular weight excluding hydrogens is 430 g/mol. The SMILES string of the molecule is C=CCN(c1ccccc1)S(=O)(=O)c1ccc(Cl)c(C(=O)Nc2nc(C)cs2)c1.